The fourth-order valence-electron chi connectivity index (χ4n) is 2.03. The second-order valence-corrected chi connectivity index (χ2v) is 6.89. The van der Waals surface area contributed by atoms with Crippen molar-refractivity contribution < 1.29 is 9.53 Å². The number of nitrogens with one attached hydrogen (secondary N) is 1. The van der Waals surface area contributed by atoms with Gasteiger partial charge in [0.05, 0.1) is 6.42 Å². The van der Waals surface area contributed by atoms with Gasteiger partial charge in [0.1, 0.15) is 5.60 Å². The molecule has 0 atom stereocenters. The number of rotatable bonds is 4. The Morgan fingerprint density at radius 1 is 1.14 bits per heavy atom. The molecule has 4 heteroatoms. The molecule has 0 fully saturated rings. The highest BCUT2D eigenvalue weighted by molar-refractivity contribution is 9.10. The van der Waals surface area contributed by atoms with Crippen LogP contribution in [0.2, 0.25) is 0 Å². The minimum atomic E-state index is -0.423. The van der Waals surface area contributed by atoms with Gasteiger partial charge in [-0.1, -0.05) is 28.1 Å². The highest BCUT2D eigenvalue weighted by atomic mass is 79.9. The molecule has 112 valence electrons. The smallest absolute Gasteiger partial charge is 0.308 e. The molecule has 2 rings (SSSR count). The lowest BCUT2D eigenvalue weighted by Crippen LogP contribution is -2.25. The lowest BCUT2D eigenvalue weighted by molar-refractivity contribution is -0.154. The second kappa shape index (κ2) is 6.48. The Kier molecular flexibility index (Phi) is 4.88. The van der Waals surface area contributed by atoms with E-state index in [2.05, 4.69) is 45.5 Å². The van der Waals surface area contributed by atoms with Crippen LogP contribution in [0.4, 0.5) is 5.69 Å². The van der Waals surface area contributed by atoms with Gasteiger partial charge < -0.3 is 10.1 Å². The Bertz CT molecular complexity index is 647. The number of esters is 1. The van der Waals surface area contributed by atoms with E-state index in [4.69, 9.17) is 4.74 Å². The number of halogens is 1. The van der Waals surface area contributed by atoms with Gasteiger partial charge in [-0.25, -0.2) is 0 Å². The van der Waals surface area contributed by atoms with Crippen molar-refractivity contribution >= 4 is 38.4 Å². The van der Waals surface area contributed by atoms with Gasteiger partial charge in [-0.15, -0.1) is 0 Å². The summed E-state index contributed by atoms with van der Waals surface area (Å²) in [5.41, 5.74) is 0.585. The molecule has 0 saturated carbocycles. The molecule has 21 heavy (non-hydrogen) atoms. The fraction of sp³-hybridized carbons (Fsp3) is 0.353. The standard InChI is InChI=1S/C17H20BrNO2/c1-17(2,3)21-16(20)8-9-19-15-7-5-12-10-14(18)6-4-13(12)11-15/h4-7,10-11,19H,8-9H2,1-3H3. The van der Waals surface area contributed by atoms with Crippen LogP contribution in [0.3, 0.4) is 0 Å². The highest BCUT2D eigenvalue weighted by Gasteiger charge is 2.15. The zero-order chi connectivity index (χ0) is 15.5. The second-order valence-electron chi connectivity index (χ2n) is 5.97. The quantitative estimate of drug-likeness (QED) is 0.809. The van der Waals surface area contributed by atoms with Crippen LogP contribution in [-0.2, 0) is 9.53 Å². The van der Waals surface area contributed by atoms with Gasteiger partial charge in [-0.05, 0) is 55.8 Å². The van der Waals surface area contributed by atoms with E-state index < -0.39 is 5.60 Å². The van der Waals surface area contributed by atoms with E-state index in [9.17, 15) is 4.79 Å². The first-order chi connectivity index (χ1) is 9.83. The van der Waals surface area contributed by atoms with E-state index in [0.717, 1.165) is 10.2 Å². The molecule has 0 amide bonds. The average molecular weight is 350 g/mol. The summed E-state index contributed by atoms with van der Waals surface area (Å²) < 4.78 is 6.34. The molecule has 0 radical (unpaired) electrons. The maximum absolute atomic E-state index is 11.6. The topological polar surface area (TPSA) is 38.3 Å². The number of fused-ring (bicyclic) bond motifs is 1. The van der Waals surface area contributed by atoms with Crippen molar-refractivity contribution in [3.8, 4) is 0 Å². The normalized spacial score (nSPS) is 11.4. The number of ether oxygens (including phenoxy) is 1. The van der Waals surface area contributed by atoms with Gasteiger partial charge in [-0.3, -0.25) is 4.79 Å². The van der Waals surface area contributed by atoms with E-state index in [-0.39, 0.29) is 5.97 Å². The summed E-state index contributed by atoms with van der Waals surface area (Å²) in [6.07, 6.45) is 0.357. The lowest BCUT2D eigenvalue weighted by atomic mass is 10.1. The van der Waals surface area contributed by atoms with Crippen LogP contribution >= 0.6 is 15.9 Å². The molecule has 0 saturated heterocycles. The first-order valence-corrected chi connectivity index (χ1v) is 7.78. The van der Waals surface area contributed by atoms with E-state index in [1.807, 2.05) is 32.9 Å². The Morgan fingerprint density at radius 2 is 1.81 bits per heavy atom. The van der Waals surface area contributed by atoms with Gasteiger partial charge >= 0.3 is 5.97 Å². The average Bonchev–Trinajstić information content (AvgIpc) is 2.36. The molecule has 0 unspecified atom stereocenters. The molecule has 2 aromatic rings. The first kappa shape index (κ1) is 15.8. The monoisotopic (exact) mass is 349 g/mol. The Labute approximate surface area is 133 Å². The third-order valence-electron chi connectivity index (χ3n) is 2.88. The summed E-state index contributed by atoms with van der Waals surface area (Å²) in [6, 6.07) is 12.3. The third-order valence-corrected chi connectivity index (χ3v) is 3.37. The van der Waals surface area contributed by atoms with E-state index in [0.29, 0.717) is 13.0 Å². The van der Waals surface area contributed by atoms with E-state index in [1.165, 1.54) is 10.8 Å². The van der Waals surface area contributed by atoms with Gasteiger partial charge in [0, 0.05) is 16.7 Å². The van der Waals surface area contributed by atoms with Crippen molar-refractivity contribution in [1.82, 2.24) is 0 Å². The molecule has 2 aromatic carbocycles. The van der Waals surface area contributed by atoms with Crippen molar-refractivity contribution in [2.45, 2.75) is 32.8 Å². The molecule has 0 heterocycles. The Hall–Kier alpha value is -1.55. The molecule has 0 spiro atoms. The summed E-state index contributed by atoms with van der Waals surface area (Å²) in [5.74, 6) is -0.181. The SMILES string of the molecule is CC(C)(C)OC(=O)CCNc1ccc2cc(Br)ccc2c1. The number of anilines is 1. The lowest BCUT2D eigenvalue weighted by Gasteiger charge is -2.19. The molecule has 0 bridgehead atoms. The fourth-order valence-corrected chi connectivity index (χ4v) is 2.41. The number of carbonyl (C=O) groups is 1. The number of hydrogen-bond donors (Lipinski definition) is 1. The Morgan fingerprint density at radius 3 is 2.52 bits per heavy atom. The van der Waals surface area contributed by atoms with Crippen molar-refractivity contribution in [3.05, 3.63) is 40.9 Å². The maximum Gasteiger partial charge on any atom is 0.308 e. The largest absolute Gasteiger partial charge is 0.460 e. The number of benzene rings is 2. The molecule has 0 aliphatic heterocycles. The van der Waals surface area contributed by atoms with Crippen molar-refractivity contribution in [2.24, 2.45) is 0 Å². The molecule has 1 N–H and O–H groups in total. The van der Waals surface area contributed by atoms with Crippen molar-refractivity contribution in [1.29, 1.82) is 0 Å². The zero-order valence-electron chi connectivity index (χ0n) is 12.6. The maximum atomic E-state index is 11.6. The van der Waals surface area contributed by atoms with E-state index >= 15 is 0 Å². The minimum absolute atomic E-state index is 0.181. The van der Waals surface area contributed by atoms with Crippen LogP contribution < -0.4 is 5.32 Å². The molecule has 0 aliphatic carbocycles. The molecular weight excluding hydrogens is 330 g/mol. The van der Waals surface area contributed by atoms with Gasteiger partial charge in [0.25, 0.3) is 0 Å². The van der Waals surface area contributed by atoms with Crippen LogP contribution in [0, 0.1) is 0 Å². The van der Waals surface area contributed by atoms with Gasteiger partial charge in [-0.2, -0.15) is 0 Å². The molecular formula is C17H20BrNO2. The number of hydrogen-bond acceptors (Lipinski definition) is 3. The van der Waals surface area contributed by atoms with Gasteiger partial charge in [0.15, 0.2) is 0 Å². The van der Waals surface area contributed by atoms with Crippen LogP contribution in [-0.4, -0.2) is 18.1 Å². The van der Waals surface area contributed by atoms with Gasteiger partial charge in [0.2, 0.25) is 0 Å². The van der Waals surface area contributed by atoms with Crippen LogP contribution in [0.15, 0.2) is 40.9 Å². The van der Waals surface area contributed by atoms with Crippen LogP contribution in [0.25, 0.3) is 10.8 Å². The highest BCUT2D eigenvalue weighted by Crippen LogP contribution is 2.23. The summed E-state index contributed by atoms with van der Waals surface area (Å²) in [7, 11) is 0. The third kappa shape index (κ3) is 5.05. The Balaban J connectivity index is 1.92. The molecule has 0 aromatic heterocycles. The van der Waals surface area contributed by atoms with E-state index in [1.54, 1.807) is 0 Å². The zero-order valence-corrected chi connectivity index (χ0v) is 14.2. The van der Waals surface area contributed by atoms with Crippen molar-refractivity contribution in [2.75, 3.05) is 11.9 Å². The van der Waals surface area contributed by atoms with Crippen LogP contribution in [0.5, 0.6) is 0 Å². The minimum Gasteiger partial charge on any atom is -0.460 e. The summed E-state index contributed by atoms with van der Waals surface area (Å²) in [6.45, 7) is 6.19. The summed E-state index contributed by atoms with van der Waals surface area (Å²) >= 11 is 3.47. The summed E-state index contributed by atoms with van der Waals surface area (Å²) in [4.78, 5) is 11.6. The molecule has 3 nitrogen and oxygen atoms in total. The predicted molar refractivity (Wildman–Crippen MR) is 90.6 cm³/mol. The number of carbonyl (C=O) groups excluding carboxylic acids is 1. The first-order valence-electron chi connectivity index (χ1n) is 6.98. The van der Waals surface area contributed by atoms with Crippen molar-refractivity contribution in [3.63, 3.8) is 0 Å². The molecule has 0 aliphatic rings. The predicted octanol–water partition coefficient (Wildman–Crippen LogP) is 4.75. The summed E-state index contributed by atoms with van der Waals surface area (Å²) in [5, 5.41) is 5.61. The van der Waals surface area contributed by atoms with Crippen LogP contribution in [0.1, 0.15) is 27.2 Å².